The summed E-state index contributed by atoms with van der Waals surface area (Å²) in [5, 5.41) is 0. The third-order valence-corrected chi connectivity index (χ3v) is 7.51. The van der Waals surface area contributed by atoms with Gasteiger partial charge in [0.2, 0.25) is 10.8 Å². The molecule has 174 valence electrons. The first-order chi connectivity index (χ1) is 16.1. The molecule has 5 rings (SSSR count). The number of nitrogens with zero attached hydrogens (tertiary/aromatic N) is 2. The summed E-state index contributed by atoms with van der Waals surface area (Å²) < 4.78 is 39.8. The molecule has 4 nitrogen and oxygen atoms in total. The molecule has 0 N–H and O–H groups in total. The molecule has 1 fully saturated rings. The summed E-state index contributed by atoms with van der Waals surface area (Å²) in [6, 6.07) is 17.9. The van der Waals surface area contributed by atoms with Gasteiger partial charge in [-0.2, -0.15) is 13.2 Å². The zero-order valence-electron chi connectivity index (χ0n) is 18.5. The standard InChI is InChI=1S/C26H21F3N2O2S/c1-16-10-17(2)12-20(11-16)31-23(32)15-34-25(31)21-8-3-4-9-22(21)30(24(25)33)14-18-6-5-7-19(13-18)26(27,28)29/h3-13H,14-15H2,1-2H3/t25-/m0/s1. The van der Waals surface area contributed by atoms with Gasteiger partial charge >= 0.3 is 6.18 Å². The summed E-state index contributed by atoms with van der Waals surface area (Å²) in [6.45, 7) is 3.83. The molecule has 2 aliphatic heterocycles. The lowest BCUT2D eigenvalue weighted by atomic mass is 10.0. The van der Waals surface area contributed by atoms with Crippen molar-refractivity contribution >= 4 is 35.0 Å². The van der Waals surface area contributed by atoms with E-state index >= 15 is 0 Å². The highest BCUT2D eigenvalue weighted by Crippen LogP contribution is 2.56. The SMILES string of the molecule is Cc1cc(C)cc(N2C(=O)CS[C@@]23C(=O)N(Cc2cccc(C(F)(F)F)c2)c2ccccc23)c1. The molecule has 0 saturated carbocycles. The normalized spacial score (nSPS) is 19.9. The average molecular weight is 483 g/mol. The van der Waals surface area contributed by atoms with Crippen LogP contribution in [0.15, 0.2) is 66.7 Å². The predicted octanol–water partition coefficient (Wildman–Crippen LogP) is 5.80. The summed E-state index contributed by atoms with van der Waals surface area (Å²) in [4.78, 5) is 29.0. The van der Waals surface area contributed by atoms with Gasteiger partial charge in [-0.05, 0) is 60.9 Å². The van der Waals surface area contributed by atoms with Gasteiger partial charge in [0.05, 0.1) is 23.5 Å². The van der Waals surface area contributed by atoms with Crippen molar-refractivity contribution in [3.8, 4) is 0 Å². The van der Waals surface area contributed by atoms with Crippen LogP contribution in [0.3, 0.4) is 0 Å². The molecule has 0 aliphatic carbocycles. The molecule has 0 aromatic heterocycles. The lowest BCUT2D eigenvalue weighted by Gasteiger charge is -2.33. The lowest BCUT2D eigenvalue weighted by molar-refractivity contribution is -0.137. The van der Waals surface area contributed by atoms with Gasteiger partial charge in [0.15, 0.2) is 0 Å². The topological polar surface area (TPSA) is 40.6 Å². The fraction of sp³-hybridized carbons (Fsp3) is 0.231. The number of alkyl halides is 3. The van der Waals surface area contributed by atoms with Gasteiger partial charge in [-0.1, -0.05) is 36.4 Å². The minimum absolute atomic E-state index is 0.0308. The first-order valence-corrected chi connectivity index (χ1v) is 11.7. The van der Waals surface area contributed by atoms with Crippen LogP contribution in [0.1, 0.15) is 27.8 Å². The third kappa shape index (κ3) is 3.48. The summed E-state index contributed by atoms with van der Waals surface area (Å²) in [5.41, 5.74) is 3.44. The fourth-order valence-electron chi connectivity index (χ4n) is 4.82. The number of anilines is 2. The van der Waals surface area contributed by atoms with Gasteiger partial charge < -0.3 is 4.90 Å². The smallest absolute Gasteiger partial charge is 0.304 e. The number of rotatable bonds is 3. The Balaban J connectivity index is 1.62. The first-order valence-electron chi connectivity index (χ1n) is 10.7. The molecule has 3 aromatic rings. The highest BCUT2D eigenvalue weighted by atomic mass is 32.2. The number of hydrogen-bond donors (Lipinski definition) is 0. The summed E-state index contributed by atoms with van der Waals surface area (Å²) in [5.74, 6) is -0.384. The highest BCUT2D eigenvalue weighted by Gasteiger charge is 2.61. The molecular weight excluding hydrogens is 461 g/mol. The summed E-state index contributed by atoms with van der Waals surface area (Å²) in [6.07, 6.45) is -4.47. The van der Waals surface area contributed by atoms with E-state index in [-0.39, 0.29) is 24.1 Å². The predicted molar refractivity (Wildman–Crippen MR) is 127 cm³/mol. The fourth-order valence-corrected chi connectivity index (χ4v) is 6.18. The van der Waals surface area contributed by atoms with Crippen LogP contribution in [-0.2, 0) is 27.2 Å². The Bertz CT molecular complexity index is 1300. The number of para-hydroxylation sites is 1. The Morgan fingerprint density at radius 2 is 1.65 bits per heavy atom. The van der Waals surface area contributed by atoms with Crippen LogP contribution in [0.25, 0.3) is 0 Å². The van der Waals surface area contributed by atoms with Gasteiger partial charge in [-0.15, -0.1) is 11.8 Å². The Kier molecular flexibility index (Phi) is 5.24. The Hall–Kier alpha value is -3.26. The van der Waals surface area contributed by atoms with Crippen LogP contribution in [0.2, 0.25) is 0 Å². The number of hydrogen-bond acceptors (Lipinski definition) is 3. The maximum Gasteiger partial charge on any atom is 0.416 e. The molecule has 2 aliphatic rings. The quantitative estimate of drug-likeness (QED) is 0.474. The average Bonchev–Trinajstić information content (AvgIpc) is 3.24. The minimum Gasteiger partial charge on any atom is -0.304 e. The second-order valence-corrected chi connectivity index (χ2v) is 9.78. The Morgan fingerprint density at radius 1 is 0.941 bits per heavy atom. The largest absolute Gasteiger partial charge is 0.416 e. The van der Waals surface area contributed by atoms with E-state index in [4.69, 9.17) is 0 Å². The minimum atomic E-state index is -4.47. The molecule has 0 bridgehead atoms. The van der Waals surface area contributed by atoms with E-state index in [1.54, 1.807) is 23.1 Å². The zero-order chi connectivity index (χ0) is 24.3. The second kappa shape index (κ2) is 7.91. The maximum absolute atomic E-state index is 14.1. The van der Waals surface area contributed by atoms with Crippen molar-refractivity contribution in [3.05, 3.63) is 94.5 Å². The van der Waals surface area contributed by atoms with Crippen LogP contribution >= 0.6 is 11.8 Å². The van der Waals surface area contributed by atoms with E-state index in [9.17, 15) is 22.8 Å². The van der Waals surface area contributed by atoms with Crippen molar-refractivity contribution in [3.63, 3.8) is 0 Å². The van der Waals surface area contributed by atoms with Gasteiger partial charge in [0, 0.05) is 11.3 Å². The van der Waals surface area contributed by atoms with E-state index < -0.39 is 16.6 Å². The van der Waals surface area contributed by atoms with Crippen molar-refractivity contribution in [2.24, 2.45) is 0 Å². The molecule has 2 heterocycles. The van der Waals surface area contributed by atoms with Crippen LogP contribution in [0.4, 0.5) is 24.5 Å². The molecular formula is C26H21F3N2O2S. The van der Waals surface area contributed by atoms with Gasteiger partial charge in [-0.3, -0.25) is 14.5 Å². The first kappa shape index (κ1) is 22.5. The molecule has 8 heteroatoms. The van der Waals surface area contributed by atoms with Crippen LogP contribution in [-0.4, -0.2) is 17.6 Å². The van der Waals surface area contributed by atoms with Crippen LogP contribution in [0.5, 0.6) is 0 Å². The van der Waals surface area contributed by atoms with E-state index in [0.29, 0.717) is 22.5 Å². The second-order valence-electron chi connectivity index (χ2n) is 8.61. The van der Waals surface area contributed by atoms with Crippen molar-refractivity contribution in [1.82, 2.24) is 0 Å². The number of carbonyl (C=O) groups excluding carboxylic acids is 2. The van der Waals surface area contributed by atoms with E-state index in [0.717, 1.165) is 23.3 Å². The number of amides is 2. The Labute approximate surface area is 199 Å². The number of halogens is 3. The van der Waals surface area contributed by atoms with Crippen molar-refractivity contribution in [2.45, 2.75) is 31.4 Å². The summed E-state index contributed by atoms with van der Waals surface area (Å²) >= 11 is 1.25. The summed E-state index contributed by atoms with van der Waals surface area (Å²) in [7, 11) is 0. The van der Waals surface area contributed by atoms with Crippen molar-refractivity contribution in [2.75, 3.05) is 15.6 Å². The molecule has 3 aromatic carbocycles. The number of fused-ring (bicyclic) bond motifs is 2. The van der Waals surface area contributed by atoms with Gasteiger partial charge in [0.25, 0.3) is 5.91 Å². The molecule has 34 heavy (non-hydrogen) atoms. The lowest BCUT2D eigenvalue weighted by Crippen LogP contribution is -2.49. The molecule has 1 spiro atoms. The van der Waals surface area contributed by atoms with Crippen molar-refractivity contribution < 1.29 is 22.8 Å². The number of carbonyl (C=O) groups is 2. The monoisotopic (exact) mass is 482 g/mol. The molecule has 0 radical (unpaired) electrons. The zero-order valence-corrected chi connectivity index (χ0v) is 19.3. The number of aryl methyl sites for hydroxylation is 2. The molecule has 2 amide bonds. The van der Waals surface area contributed by atoms with E-state index in [2.05, 4.69) is 0 Å². The maximum atomic E-state index is 14.1. The number of thioether (sulfide) groups is 1. The van der Waals surface area contributed by atoms with Crippen molar-refractivity contribution in [1.29, 1.82) is 0 Å². The van der Waals surface area contributed by atoms with Crippen LogP contribution < -0.4 is 9.80 Å². The van der Waals surface area contributed by atoms with E-state index in [1.165, 1.54) is 22.7 Å². The molecule has 1 saturated heterocycles. The molecule has 0 unspecified atom stereocenters. The van der Waals surface area contributed by atoms with Gasteiger partial charge in [-0.25, -0.2) is 0 Å². The van der Waals surface area contributed by atoms with Gasteiger partial charge in [0.1, 0.15) is 0 Å². The number of benzene rings is 3. The highest BCUT2D eigenvalue weighted by molar-refractivity contribution is 8.02. The van der Waals surface area contributed by atoms with E-state index in [1.807, 2.05) is 44.2 Å². The Morgan fingerprint density at radius 3 is 2.35 bits per heavy atom. The van der Waals surface area contributed by atoms with Crippen LogP contribution in [0, 0.1) is 13.8 Å². The third-order valence-electron chi connectivity index (χ3n) is 6.12. The molecule has 1 atom stereocenters.